The van der Waals surface area contributed by atoms with Gasteiger partial charge in [0.05, 0.1) is 17.2 Å². The third-order valence-electron chi connectivity index (χ3n) is 5.94. The molecule has 178 valence electrons. The molecular weight excluding hydrogens is 440 g/mol. The average molecular weight is 465 g/mol. The van der Waals surface area contributed by atoms with Gasteiger partial charge in [-0.1, -0.05) is 6.42 Å². The number of hydrogen-bond donors (Lipinski definition) is 2. The Balaban J connectivity index is 1.56. The van der Waals surface area contributed by atoms with Gasteiger partial charge in [0.1, 0.15) is 0 Å². The first-order chi connectivity index (χ1) is 14.9. The zero-order valence-corrected chi connectivity index (χ0v) is 17.3. The van der Waals surface area contributed by atoms with Gasteiger partial charge in [-0.3, -0.25) is 9.59 Å². The fourth-order valence-corrected chi connectivity index (χ4v) is 4.07. The lowest BCUT2D eigenvalue weighted by Gasteiger charge is -2.35. The van der Waals surface area contributed by atoms with Crippen molar-refractivity contribution in [1.82, 2.24) is 15.5 Å². The normalized spacial score (nSPS) is 20.8. The van der Waals surface area contributed by atoms with Crippen LogP contribution in [0.25, 0.3) is 0 Å². The molecule has 0 aliphatic carbocycles. The lowest BCUT2D eigenvalue weighted by molar-refractivity contribution is -0.143. The molecule has 2 N–H and O–H groups in total. The number of nitrogens with zero attached hydrogens (tertiary/aromatic N) is 1. The molecule has 2 fully saturated rings. The van der Waals surface area contributed by atoms with E-state index in [0.29, 0.717) is 38.1 Å². The van der Waals surface area contributed by atoms with Gasteiger partial charge in [-0.15, -0.1) is 0 Å². The van der Waals surface area contributed by atoms with Gasteiger partial charge in [0.25, 0.3) is 5.91 Å². The highest BCUT2D eigenvalue weighted by atomic mass is 19.4. The van der Waals surface area contributed by atoms with Crippen molar-refractivity contribution >= 4 is 11.8 Å². The third-order valence-corrected chi connectivity index (χ3v) is 5.94. The van der Waals surface area contributed by atoms with Crippen LogP contribution in [0.5, 0.6) is 0 Å². The topological polar surface area (TPSA) is 61.4 Å². The van der Waals surface area contributed by atoms with Gasteiger partial charge < -0.3 is 15.5 Å². The second-order valence-corrected chi connectivity index (χ2v) is 8.28. The minimum Gasteiger partial charge on any atom is -0.352 e. The van der Waals surface area contributed by atoms with Crippen molar-refractivity contribution in [2.45, 2.75) is 50.5 Å². The molecule has 0 unspecified atom stereocenters. The predicted molar refractivity (Wildman–Crippen MR) is 104 cm³/mol. The van der Waals surface area contributed by atoms with Gasteiger partial charge in [-0.25, -0.2) is 0 Å². The molecule has 2 heterocycles. The summed E-state index contributed by atoms with van der Waals surface area (Å²) in [5.41, 5.74) is -3.75. The fourth-order valence-electron chi connectivity index (χ4n) is 4.07. The van der Waals surface area contributed by atoms with Crippen molar-refractivity contribution in [2.24, 2.45) is 5.92 Å². The number of likely N-dealkylation sites (tertiary alicyclic amines) is 1. The van der Waals surface area contributed by atoms with Crippen LogP contribution in [-0.2, 0) is 17.1 Å². The highest BCUT2D eigenvalue weighted by molar-refractivity contribution is 5.94. The molecule has 0 aromatic heterocycles. The molecule has 3 rings (SSSR count). The van der Waals surface area contributed by atoms with Gasteiger partial charge in [0.2, 0.25) is 5.91 Å². The SMILES string of the molecule is O=C(NCC1CCN(C(=O)[C@@H]2CCCCN2)CC1)c1cc(C(F)(F)F)cc(C(F)(F)F)c1. The van der Waals surface area contributed by atoms with Crippen molar-refractivity contribution in [1.29, 1.82) is 0 Å². The standard InChI is InChI=1S/C21H25F6N3O2/c22-20(23,24)15-9-14(10-16(11-15)21(25,26)27)18(31)29-12-13-4-7-30(8-5-13)19(32)17-3-1-2-6-28-17/h9-11,13,17,28H,1-8,12H2,(H,29,31)/t17-/m0/s1. The third kappa shape index (κ3) is 6.14. The molecule has 0 saturated carbocycles. The Labute approximate surface area is 181 Å². The van der Waals surface area contributed by atoms with E-state index in [-0.39, 0.29) is 30.5 Å². The summed E-state index contributed by atoms with van der Waals surface area (Å²) in [5, 5.41) is 5.65. The first-order valence-corrected chi connectivity index (χ1v) is 10.5. The Bertz CT molecular complexity index is 794. The summed E-state index contributed by atoms with van der Waals surface area (Å²) in [5.74, 6) is -0.961. The highest BCUT2D eigenvalue weighted by Gasteiger charge is 2.37. The first kappa shape index (κ1) is 24.3. The van der Waals surface area contributed by atoms with Crippen LogP contribution in [0, 0.1) is 5.92 Å². The van der Waals surface area contributed by atoms with Crippen LogP contribution in [0.2, 0.25) is 0 Å². The molecular formula is C21H25F6N3O2. The monoisotopic (exact) mass is 465 g/mol. The molecule has 1 atom stereocenters. The Kier molecular flexibility index (Phi) is 7.36. The van der Waals surface area contributed by atoms with Crippen molar-refractivity contribution < 1.29 is 35.9 Å². The van der Waals surface area contributed by atoms with E-state index in [4.69, 9.17) is 0 Å². The van der Waals surface area contributed by atoms with E-state index in [1.165, 1.54) is 0 Å². The van der Waals surface area contributed by atoms with Crippen LogP contribution in [0.3, 0.4) is 0 Å². The quantitative estimate of drug-likeness (QED) is 0.665. The zero-order chi connectivity index (χ0) is 23.5. The van der Waals surface area contributed by atoms with Crippen LogP contribution in [0.1, 0.15) is 53.6 Å². The molecule has 2 saturated heterocycles. The lowest BCUT2D eigenvalue weighted by atomic mass is 9.95. The summed E-state index contributed by atoms with van der Waals surface area (Å²) in [6, 6.07) is 0.653. The number of amides is 2. The molecule has 5 nitrogen and oxygen atoms in total. The van der Waals surface area contributed by atoms with E-state index < -0.39 is 35.0 Å². The molecule has 1 aromatic carbocycles. The largest absolute Gasteiger partial charge is 0.416 e. The number of halogens is 6. The fraction of sp³-hybridized carbons (Fsp3) is 0.619. The summed E-state index contributed by atoms with van der Waals surface area (Å²) >= 11 is 0. The van der Waals surface area contributed by atoms with Crippen LogP contribution < -0.4 is 10.6 Å². The maximum absolute atomic E-state index is 13.0. The van der Waals surface area contributed by atoms with Crippen molar-refractivity contribution in [2.75, 3.05) is 26.2 Å². The van der Waals surface area contributed by atoms with E-state index in [0.717, 1.165) is 25.8 Å². The van der Waals surface area contributed by atoms with Crippen LogP contribution in [0.4, 0.5) is 26.3 Å². The van der Waals surface area contributed by atoms with Crippen molar-refractivity contribution in [3.63, 3.8) is 0 Å². The minimum absolute atomic E-state index is 0.00924. The molecule has 0 radical (unpaired) electrons. The summed E-state index contributed by atoms with van der Waals surface area (Å²) < 4.78 is 77.9. The lowest BCUT2D eigenvalue weighted by Crippen LogP contribution is -2.51. The predicted octanol–water partition coefficient (Wildman–Crippen LogP) is 3.83. The smallest absolute Gasteiger partial charge is 0.352 e. The zero-order valence-electron chi connectivity index (χ0n) is 17.3. The summed E-state index contributed by atoms with van der Waals surface area (Å²) in [4.78, 5) is 26.6. The molecule has 2 aliphatic heterocycles. The van der Waals surface area contributed by atoms with Gasteiger partial charge >= 0.3 is 12.4 Å². The Morgan fingerprint density at radius 2 is 1.53 bits per heavy atom. The molecule has 0 spiro atoms. The second kappa shape index (κ2) is 9.68. The molecule has 32 heavy (non-hydrogen) atoms. The van der Waals surface area contributed by atoms with E-state index in [2.05, 4.69) is 10.6 Å². The number of carbonyl (C=O) groups excluding carboxylic acids is 2. The summed E-state index contributed by atoms with van der Waals surface area (Å²) in [6.07, 6.45) is -6.00. The van der Waals surface area contributed by atoms with E-state index >= 15 is 0 Å². The van der Waals surface area contributed by atoms with Gasteiger partial charge in [0, 0.05) is 25.2 Å². The van der Waals surface area contributed by atoms with Gasteiger partial charge in [0.15, 0.2) is 0 Å². The minimum atomic E-state index is -5.01. The van der Waals surface area contributed by atoms with Crippen LogP contribution in [-0.4, -0.2) is 48.9 Å². The Hall–Kier alpha value is -2.30. The number of benzene rings is 1. The van der Waals surface area contributed by atoms with Crippen LogP contribution in [0.15, 0.2) is 18.2 Å². The van der Waals surface area contributed by atoms with Crippen LogP contribution >= 0.6 is 0 Å². The Morgan fingerprint density at radius 3 is 2.03 bits per heavy atom. The summed E-state index contributed by atoms with van der Waals surface area (Å²) in [7, 11) is 0. The second-order valence-electron chi connectivity index (χ2n) is 8.28. The Morgan fingerprint density at radius 1 is 0.938 bits per heavy atom. The van der Waals surface area contributed by atoms with E-state index in [1.54, 1.807) is 4.90 Å². The maximum atomic E-state index is 13.0. The number of alkyl halides is 6. The summed E-state index contributed by atoms with van der Waals surface area (Å²) in [6.45, 7) is 1.92. The van der Waals surface area contributed by atoms with Gasteiger partial charge in [-0.2, -0.15) is 26.3 Å². The van der Waals surface area contributed by atoms with E-state index in [1.807, 2.05) is 0 Å². The maximum Gasteiger partial charge on any atom is 0.416 e. The number of hydrogen-bond acceptors (Lipinski definition) is 3. The first-order valence-electron chi connectivity index (χ1n) is 10.5. The van der Waals surface area contributed by atoms with Crippen molar-refractivity contribution in [3.8, 4) is 0 Å². The highest BCUT2D eigenvalue weighted by Crippen LogP contribution is 2.36. The number of carbonyl (C=O) groups is 2. The number of piperidine rings is 2. The van der Waals surface area contributed by atoms with E-state index in [9.17, 15) is 35.9 Å². The molecule has 1 aromatic rings. The molecule has 0 bridgehead atoms. The molecule has 2 amide bonds. The molecule has 2 aliphatic rings. The molecule has 11 heteroatoms. The average Bonchev–Trinajstić information content (AvgIpc) is 2.76. The van der Waals surface area contributed by atoms with Crippen molar-refractivity contribution in [3.05, 3.63) is 34.9 Å². The van der Waals surface area contributed by atoms with Gasteiger partial charge in [-0.05, 0) is 56.3 Å². The number of rotatable bonds is 4. The number of nitrogens with one attached hydrogen (secondary N) is 2.